The second kappa shape index (κ2) is 15.6. The predicted molar refractivity (Wildman–Crippen MR) is 108 cm³/mol. The van der Waals surface area contributed by atoms with E-state index in [1.54, 1.807) is 6.07 Å². The maximum absolute atomic E-state index is 8.89. The molecular weight excluding hydrogens is 331 g/mol. The molecule has 0 atom stereocenters. The minimum absolute atomic E-state index is 0.545. The Morgan fingerprint density at radius 1 is 0.760 bits per heavy atom. The van der Waals surface area contributed by atoms with Crippen LogP contribution in [0.3, 0.4) is 0 Å². The molecular formula is C21H37O3P. The smallest absolute Gasteiger partial charge is 0.391 e. The Morgan fingerprint density at radius 3 is 1.80 bits per heavy atom. The van der Waals surface area contributed by atoms with Crippen LogP contribution < -0.4 is 4.52 Å². The Balaban J connectivity index is 1.92. The van der Waals surface area contributed by atoms with Crippen LogP contribution in [-0.2, 0) is 6.42 Å². The number of rotatable bonds is 16. The first-order chi connectivity index (χ1) is 12.2. The van der Waals surface area contributed by atoms with Gasteiger partial charge in [0.05, 0.1) is 0 Å². The minimum Gasteiger partial charge on any atom is -0.427 e. The van der Waals surface area contributed by atoms with Gasteiger partial charge in [0.1, 0.15) is 5.75 Å². The van der Waals surface area contributed by atoms with Crippen LogP contribution in [0.1, 0.15) is 96.0 Å². The van der Waals surface area contributed by atoms with Crippen LogP contribution in [0.2, 0.25) is 0 Å². The lowest BCUT2D eigenvalue weighted by molar-refractivity contribution is 0.375. The molecule has 0 amide bonds. The molecule has 144 valence electrons. The van der Waals surface area contributed by atoms with Gasteiger partial charge in [-0.25, -0.2) is 0 Å². The predicted octanol–water partition coefficient (Wildman–Crippen LogP) is 6.91. The van der Waals surface area contributed by atoms with Gasteiger partial charge >= 0.3 is 8.60 Å². The summed E-state index contributed by atoms with van der Waals surface area (Å²) < 4.78 is 4.95. The Bertz CT molecular complexity index is 423. The second-order valence-corrected chi connectivity index (χ2v) is 7.67. The maximum Gasteiger partial charge on any atom is 0.391 e. The van der Waals surface area contributed by atoms with E-state index in [0.717, 1.165) is 6.42 Å². The van der Waals surface area contributed by atoms with E-state index in [4.69, 9.17) is 14.3 Å². The van der Waals surface area contributed by atoms with Crippen molar-refractivity contribution in [1.29, 1.82) is 0 Å². The third-order valence-electron chi connectivity index (χ3n) is 4.65. The summed E-state index contributed by atoms with van der Waals surface area (Å²) in [5, 5.41) is 0. The van der Waals surface area contributed by atoms with Crippen LogP contribution in [-0.4, -0.2) is 9.79 Å². The fourth-order valence-electron chi connectivity index (χ4n) is 3.20. The molecule has 0 bridgehead atoms. The highest BCUT2D eigenvalue weighted by molar-refractivity contribution is 7.39. The SMILES string of the molecule is CCCCCCCCCCCCCCCc1cccc(OP(O)O)c1. The Kier molecular flexibility index (Phi) is 14.0. The zero-order valence-electron chi connectivity index (χ0n) is 16.0. The van der Waals surface area contributed by atoms with Gasteiger partial charge < -0.3 is 14.3 Å². The Labute approximate surface area is 155 Å². The third-order valence-corrected chi connectivity index (χ3v) is 5.03. The summed E-state index contributed by atoms with van der Waals surface area (Å²) in [7, 11) is -2.32. The van der Waals surface area contributed by atoms with Gasteiger partial charge in [0.15, 0.2) is 0 Å². The molecule has 0 aliphatic carbocycles. The van der Waals surface area contributed by atoms with E-state index in [9.17, 15) is 0 Å². The molecule has 3 nitrogen and oxygen atoms in total. The van der Waals surface area contributed by atoms with Crippen molar-refractivity contribution < 1.29 is 14.3 Å². The lowest BCUT2D eigenvalue weighted by atomic mass is 10.0. The van der Waals surface area contributed by atoms with E-state index in [2.05, 4.69) is 13.0 Å². The van der Waals surface area contributed by atoms with Crippen LogP contribution in [0.4, 0.5) is 0 Å². The summed E-state index contributed by atoms with van der Waals surface area (Å²) in [6, 6.07) is 7.65. The highest BCUT2D eigenvalue weighted by atomic mass is 31.2. The molecule has 0 aliphatic rings. The average Bonchev–Trinajstić information content (AvgIpc) is 2.59. The fourth-order valence-corrected chi connectivity index (χ4v) is 3.50. The summed E-state index contributed by atoms with van der Waals surface area (Å²) in [5.74, 6) is 0.545. The van der Waals surface area contributed by atoms with Crippen molar-refractivity contribution in [1.82, 2.24) is 0 Å². The highest BCUT2D eigenvalue weighted by Crippen LogP contribution is 2.29. The van der Waals surface area contributed by atoms with Crippen LogP contribution in [0.5, 0.6) is 5.75 Å². The number of aryl methyl sites for hydroxylation is 1. The van der Waals surface area contributed by atoms with E-state index in [1.165, 1.54) is 89.0 Å². The molecule has 0 aromatic heterocycles. The molecule has 1 aromatic rings. The molecule has 0 radical (unpaired) electrons. The van der Waals surface area contributed by atoms with Crippen LogP contribution >= 0.6 is 8.60 Å². The van der Waals surface area contributed by atoms with Gasteiger partial charge in [-0.3, -0.25) is 0 Å². The molecule has 0 saturated heterocycles. The van der Waals surface area contributed by atoms with Crippen molar-refractivity contribution >= 4 is 8.60 Å². The van der Waals surface area contributed by atoms with E-state index in [-0.39, 0.29) is 0 Å². The topological polar surface area (TPSA) is 49.7 Å². The van der Waals surface area contributed by atoms with E-state index >= 15 is 0 Å². The lowest BCUT2D eigenvalue weighted by Gasteiger charge is -2.07. The summed E-state index contributed by atoms with van der Waals surface area (Å²) in [4.78, 5) is 17.8. The lowest BCUT2D eigenvalue weighted by Crippen LogP contribution is -1.89. The van der Waals surface area contributed by atoms with Crippen LogP contribution in [0.25, 0.3) is 0 Å². The first kappa shape index (κ1) is 22.4. The number of unbranched alkanes of at least 4 members (excludes halogenated alkanes) is 12. The van der Waals surface area contributed by atoms with Crippen LogP contribution in [0, 0.1) is 0 Å². The molecule has 0 heterocycles. The van der Waals surface area contributed by atoms with Gasteiger partial charge in [0.25, 0.3) is 0 Å². The summed E-state index contributed by atoms with van der Waals surface area (Å²) in [6.07, 6.45) is 18.8. The highest BCUT2D eigenvalue weighted by Gasteiger charge is 2.03. The number of benzene rings is 1. The zero-order chi connectivity index (χ0) is 18.2. The second-order valence-electron chi connectivity index (χ2n) is 6.98. The monoisotopic (exact) mass is 368 g/mol. The largest absolute Gasteiger partial charge is 0.427 e. The maximum atomic E-state index is 8.89. The van der Waals surface area contributed by atoms with Crippen molar-refractivity contribution in [3.05, 3.63) is 29.8 Å². The number of hydrogen-bond acceptors (Lipinski definition) is 3. The molecule has 1 aromatic carbocycles. The van der Waals surface area contributed by atoms with Crippen molar-refractivity contribution in [2.24, 2.45) is 0 Å². The molecule has 0 spiro atoms. The first-order valence-electron chi connectivity index (χ1n) is 10.2. The minimum atomic E-state index is -2.32. The number of hydrogen-bond donors (Lipinski definition) is 2. The quantitative estimate of drug-likeness (QED) is 0.246. The van der Waals surface area contributed by atoms with Gasteiger partial charge in [0, 0.05) is 0 Å². The summed E-state index contributed by atoms with van der Waals surface area (Å²) in [5.41, 5.74) is 1.21. The van der Waals surface area contributed by atoms with E-state index in [1.807, 2.05) is 12.1 Å². The van der Waals surface area contributed by atoms with Crippen molar-refractivity contribution in [2.75, 3.05) is 0 Å². The van der Waals surface area contributed by atoms with E-state index in [0.29, 0.717) is 5.75 Å². The van der Waals surface area contributed by atoms with Gasteiger partial charge in [-0.2, -0.15) is 0 Å². The van der Waals surface area contributed by atoms with Crippen molar-refractivity contribution in [3.63, 3.8) is 0 Å². The molecule has 2 N–H and O–H groups in total. The van der Waals surface area contributed by atoms with Gasteiger partial charge in [-0.1, -0.05) is 96.1 Å². The Hall–Kier alpha value is -0.630. The molecule has 0 fully saturated rings. The summed E-state index contributed by atoms with van der Waals surface area (Å²) in [6.45, 7) is 2.27. The average molecular weight is 368 g/mol. The molecule has 4 heteroatoms. The van der Waals surface area contributed by atoms with Crippen LogP contribution in [0.15, 0.2) is 24.3 Å². The molecule has 0 unspecified atom stereocenters. The van der Waals surface area contributed by atoms with Crippen molar-refractivity contribution in [3.8, 4) is 5.75 Å². The van der Waals surface area contributed by atoms with Gasteiger partial charge in [-0.05, 0) is 30.5 Å². The third kappa shape index (κ3) is 13.3. The van der Waals surface area contributed by atoms with E-state index < -0.39 is 8.60 Å². The summed E-state index contributed by atoms with van der Waals surface area (Å²) >= 11 is 0. The standard InChI is InChI=1S/C21H37O3P/c1-2-3-4-5-6-7-8-9-10-11-12-13-14-16-20-17-15-18-21(19-20)24-25(22)23/h15,17-19,22-23H,2-14,16H2,1H3. The zero-order valence-corrected chi connectivity index (χ0v) is 16.9. The molecule has 1 rings (SSSR count). The molecule has 0 aliphatic heterocycles. The Morgan fingerprint density at radius 2 is 1.28 bits per heavy atom. The molecule has 25 heavy (non-hydrogen) atoms. The van der Waals surface area contributed by atoms with Gasteiger partial charge in [0.2, 0.25) is 0 Å². The van der Waals surface area contributed by atoms with Gasteiger partial charge in [-0.15, -0.1) is 0 Å². The molecule has 0 saturated carbocycles. The first-order valence-corrected chi connectivity index (χ1v) is 11.3. The fraction of sp³-hybridized carbons (Fsp3) is 0.714. The normalized spacial score (nSPS) is 11.2. The van der Waals surface area contributed by atoms with Crippen molar-refractivity contribution in [2.45, 2.75) is 96.8 Å².